The van der Waals surface area contributed by atoms with Crippen molar-refractivity contribution in [1.82, 2.24) is 4.98 Å². The molecular weight excluding hydrogens is 245 g/mol. The largest absolute Gasteiger partial charge is 1.00 e. The smallest absolute Gasteiger partial charge is 0.768 e. The Balaban J connectivity index is 0.00000128. The van der Waals surface area contributed by atoms with Crippen LogP contribution in [0, 0.1) is 0 Å². The molecular formula is C8H4NNaO5S. The molecule has 8 heteroatoms. The summed E-state index contributed by atoms with van der Waals surface area (Å²) in [4.78, 5) is 24.2. The number of benzene rings is 1. The van der Waals surface area contributed by atoms with Gasteiger partial charge in [0.05, 0.1) is 10.9 Å². The fourth-order valence-corrected chi connectivity index (χ4v) is 1.57. The van der Waals surface area contributed by atoms with Crippen LogP contribution in [0.5, 0.6) is 0 Å². The molecule has 6 nitrogen and oxygen atoms in total. The zero-order valence-corrected chi connectivity index (χ0v) is 11.0. The van der Waals surface area contributed by atoms with Crippen LogP contribution in [0.2, 0.25) is 0 Å². The molecule has 2 aromatic rings. The van der Waals surface area contributed by atoms with E-state index in [-0.39, 0.29) is 45.4 Å². The first-order valence-electron chi connectivity index (χ1n) is 3.84. The molecule has 1 aromatic carbocycles. The van der Waals surface area contributed by atoms with Crippen molar-refractivity contribution in [3.63, 3.8) is 0 Å². The minimum atomic E-state index is -2.42. The molecule has 0 fully saturated rings. The number of aromatic nitrogens is 1. The van der Waals surface area contributed by atoms with Gasteiger partial charge >= 0.3 is 40.9 Å². The minimum Gasteiger partial charge on any atom is -0.768 e. The molecule has 0 aliphatic heterocycles. The van der Waals surface area contributed by atoms with Gasteiger partial charge in [-0.2, -0.15) is 0 Å². The average molecular weight is 249 g/mol. The van der Waals surface area contributed by atoms with Crippen molar-refractivity contribution < 1.29 is 42.7 Å². The van der Waals surface area contributed by atoms with Crippen molar-refractivity contribution >= 4 is 22.0 Å². The van der Waals surface area contributed by atoms with Crippen molar-refractivity contribution in [1.29, 1.82) is 0 Å². The third kappa shape index (κ3) is 2.50. The van der Waals surface area contributed by atoms with Crippen LogP contribution in [0.3, 0.4) is 0 Å². The van der Waals surface area contributed by atoms with Crippen LogP contribution in [0.15, 0.2) is 37.1 Å². The first kappa shape index (κ1) is 13.3. The van der Waals surface area contributed by atoms with E-state index in [4.69, 9.17) is 0 Å². The number of aromatic amines is 1. The molecule has 16 heavy (non-hydrogen) atoms. The Hall–Kier alpha value is -0.730. The summed E-state index contributed by atoms with van der Waals surface area (Å²) in [6, 6.07) is 3.75. The Morgan fingerprint density at radius 1 is 1.31 bits per heavy atom. The molecule has 0 amide bonds. The molecule has 0 bridgehead atoms. The van der Waals surface area contributed by atoms with Crippen LogP contribution >= 0.6 is 0 Å². The van der Waals surface area contributed by atoms with Crippen molar-refractivity contribution in [2.45, 2.75) is 4.90 Å². The summed E-state index contributed by atoms with van der Waals surface area (Å²) < 4.78 is 25.5. The quantitative estimate of drug-likeness (QED) is 0.421. The van der Waals surface area contributed by atoms with Crippen LogP contribution in [0.1, 0.15) is 0 Å². The topological polar surface area (TPSA) is 103 Å². The van der Waals surface area contributed by atoms with Gasteiger partial charge in [0.2, 0.25) is 0 Å². The molecule has 78 valence electrons. The van der Waals surface area contributed by atoms with Gasteiger partial charge in [-0.25, -0.2) is 9.59 Å². The molecule has 2 rings (SSSR count). The molecule has 0 saturated carbocycles. The van der Waals surface area contributed by atoms with E-state index < -0.39 is 22.5 Å². The molecule has 1 unspecified atom stereocenters. The summed E-state index contributed by atoms with van der Waals surface area (Å²) in [6.07, 6.45) is 0. The molecule has 1 aromatic heterocycles. The average Bonchev–Trinajstić information content (AvgIpc) is 2.16. The molecule has 1 atom stereocenters. The molecule has 1 heterocycles. The maximum absolute atomic E-state index is 11.2. The molecule has 1 N–H and O–H groups in total. The summed E-state index contributed by atoms with van der Waals surface area (Å²) in [6.45, 7) is 0. The Labute approximate surface area is 113 Å². The predicted octanol–water partition coefficient (Wildman–Crippen LogP) is -3.28. The maximum atomic E-state index is 11.2. The van der Waals surface area contributed by atoms with E-state index in [1.54, 1.807) is 0 Å². The summed E-state index contributed by atoms with van der Waals surface area (Å²) in [5, 5.41) is 0.0244. The van der Waals surface area contributed by atoms with Crippen LogP contribution in [-0.4, -0.2) is 13.7 Å². The van der Waals surface area contributed by atoms with Gasteiger partial charge in [-0.05, 0) is 29.3 Å². The molecule has 0 radical (unpaired) electrons. The Morgan fingerprint density at radius 3 is 2.62 bits per heavy atom. The first-order valence-corrected chi connectivity index (χ1v) is 4.92. The van der Waals surface area contributed by atoms with Crippen LogP contribution in [0.25, 0.3) is 10.9 Å². The normalized spacial score (nSPS) is 12.1. The van der Waals surface area contributed by atoms with Crippen LogP contribution < -0.4 is 40.9 Å². The molecule has 0 aliphatic carbocycles. The third-order valence-electron chi connectivity index (χ3n) is 1.83. The third-order valence-corrected chi connectivity index (χ3v) is 2.46. The fraction of sp³-hybridized carbons (Fsp3) is 0. The second kappa shape index (κ2) is 5.07. The number of fused-ring (bicyclic) bond motifs is 1. The first-order chi connectivity index (χ1) is 7.08. The predicted molar refractivity (Wildman–Crippen MR) is 50.3 cm³/mol. The Bertz CT molecular complexity index is 661. The van der Waals surface area contributed by atoms with Crippen LogP contribution in [-0.2, 0) is 11.1 Å². The van der Waals surface area contributed by atoms with E-state index in [9.17, 15) is 18.4 Å². The number of hydrogen-bond acceptors (Lipinski definition) is 5. The number of H-pyrrole nitrogens is 1. The molecule has 0 saturated heterocycles. The molecule has 0 aliphatic rings. The fourth-order valence-electron chi connectivity index (χ4n) is 1.18. The minimum absolute atomic E-state index is 0. The van der Waals surface area contributed by atoms with E-state index >= 15 is 0 Å². The SMILES string of the molecule is O=c1[nH]c2ccc(S(=O)[O-])cc2c(=O)o1.[Na+]. The van der Waals surface area contributed by atoms with Gasteiger partial charge < -0.3 is 8.97 Å². The summed E-state index contributed by atoms with van der Waals surface area (Å²) >= 11 is -2.42. The standard InChI is InChI=1S/C8H5NO5S.Na/c10-7-5-3-4(15(12)13)1-2-6(5)9-8(11)14-7;/h1-3H,(H,9,11)(H,12,13);/q;+1/p-1. The van der Waals surface area contributed by atoms with Crippen molar-refractivity contribution in [3.05, 3.63) is 39.2 Å². The zero-order valence-electron chi connectivity index (χ0n) is 8.18. The van der Waals surface area contributed by atoms with Gasteiger partial charge in [-0.15, -0.1) is 0 Å². The monoisotopic (exact) mass is 249 g/mol. The van der Waals surface area contributed by atoms with Gasteiger partial charge in [0.25, 0.3) is 0 Å². The number of hydrogen-bond donors (Lipinski definition) is 1. The van der Waals surface area contributed by atoms with Gasteiger partial charge in [-0.3, -0.25) is 9.19 Å². The Kier molecular flexibility index (Phi) is 4.22. The van der Waals surface area contributed by atoms with E-state index in [1.165, 1.54) is 12.1 Å². The Morgan fingerprint density at radius 2 is 2.00 bits per heavy atom. The van der Waals surface area contributed by atoms with Crippen molar-refractivity contribution in [3.8, 4) is 0 Å². The maximum Gasteiger partial charge on any atom is 1.00 e. The second-order valence-corrected chi connectivity index (χ2v) is 3.68. The van der Waals surface area contributed by atoms with Gasteiger partial charge in [0.1, 0.15) is 0 Å². The summed E-state index contributed by atoms with van der Waals surface area (Å²) in [7, 11) is 0. The van der Waals surface area contributed by atoms with E-state index in [0.29, 0.717) is 0 Å². The van der Waals surface area contributed by atoms with E-state index in [0.717, 1.165) is 6.07 Å². The van der Waals surface area contributed by atoms with Crippen LogP contribution in [0.4, 0.5) is 0 Å². The summed E-state index contributed by atoms with van der Waals surface area (Å²) in [5.74, 6) is -0.872. The number of nitrogens with one attached hydrogen (secondary N) is 1. The van der Waals surface area contributed by atoms with Crippen molar-refractivity contribution in [2.75, 3.05) is 0 Å². The van der Waals surface area contributed by atoms with E-state index in [2.05, 4.69) is 9.40 Å². The van der Waals surface area contributed by atoms with Gasteiger partial charge in [0, 0.05) is 4.90 Å². The number of rotatable bonds is 1. The summed E-state index contributed by atoms with van der Waals surface area (Å²) in [5.41, 5.74) is -0.619. The van der Waals surface area contributed by atoms with Gasteiger partial charge in [0.15, 0.2) is 0 Å². The van der Waals surface area contributed by atoms with Crippen molar-refractivity contribution in [2.24, 2.45) is 0 Å². The van der Waals surface area contributed by atoms with Gasteiger partial charge in [-0.1, -0.05) is 0 Å². The second-order valence-electron chi connectivity index (χ2n) is 2.74. The zero-order chi connectivity index (χ0) is 11.0. The van der Waals surface area contributed by atoms with E-state index in [1.807, 2.05) is 0 Å². The molecule has 0 spiro atoms.